The molecule has 0 fully saturated rings. The molecule has 0 amide bonds. The fourth-order valence-corrected chi connectivity index (χ4v) is 1.44. The van der Waals surface area contributed by atoms with Gasteiger partial charge in [0.05, 0.1) is 17.2 Å². The Kier molecular flexibility index (Phi) is 3.07. The highest BCUT2D eigenvalue weighted by Gasteiger charge is 2.12. The van der Waals surface area contributed by atoms with Gasteiger partial charge in [-0.3, -0.25) is 0 Å². The lowest BCUT2D eigenvalue weighted by Gasteiger charge is -1.98. The van der Waals surface area contributed by atoms with Gasteiger partial charge in [0.1, 0.15) is 5.75 Å². The second-order valence-corrected chi connectivity index (χ2v) is 3.56. The summed E-state index contributed by atoms with van der Waals surface area (Å²) >= 11 is 5.93. The number of benzene rings is 1. The molecular formula is C10H9ClN2O3. The highest BCUT2D eigenvalue weighted by atomic mass is 35.5. The molecule has 0 saturated carbocycles. The fourth-order valence-electron chi connectivity index (χ4n) is 1.24. The number of hydrogen-bond donors (Lipinski definition) is 2. The van der Waals surface area contributed by atoms with E-state index in [4.69, 9.17) is 21.2 Å². The molecule has 2 rings (SSSR count). The standard InChI is InChI=1S/C10H9ClN2O3/c11-8-2-1-6(15)5-7(8)10-12-9(3-4-14)13-16-10/h1-2,5,14-15H,3-4H2. The van der Waals surface area contributed by atoms with Gasteiger partial charge in [-0.1, -0.05) is 16.8 Å². The Bertz CT molecular complexity index is 499. The minimum atomic E-state index is -0.0489. The lowest BCUT2D eigenvalue weighted by molar-refractivity contribution is 0.293. The van der Waals surface area contributed by atoms with Crippen LogP contribution in [0.5, 0.6) is 5.75 Å². The number of hydrogen-bond acceptors (Lipinski definition) is 5. The van der Waals surface area contributed by atoms with Gasteiger partial charge < -0.3 is 14.7 Å². The average molecular weight is 241 g/mol. The van der Waals surface area contributed by atoms with E-state index in [1.165, 1.54) is 12.1 Å². The smallest absolute Gasteiger partial charge is 0.259 e. The zero-order valence-electron chi connectivity index (χ0n) is 8.22. The van der Waals surface area contributed by atoms with E-state index in [9.17, 15) is 5.11 Å². The van der Waals surface area contributed by atoms with Gasteiger partial charge in [0, 0.05) is 6.42 Å². The number of aliphatic hydroxyl groups excluding tert-OH is 1. The van der Waals surface area contributed by atoms with E-state index in [2.05, 4.69) is 10.1 Å². The third-order valence-corrected chi connectivity index (χ3v) is 2.31. The number of phenolic OH excluding ortho intramolecular Hbond substituents is 1. The maximum atomic E-state index is 9.32. The van der Waals surface area contributed by atoms with Crippen LogP contribution in [0.4, 0.5) is 0 Å². The van der Waals surface area contributed by atoms with E-state index >= 15 is 0 Å². The zero-order chi connectivity index (χ0) is 11.5. The molecule has 0 radical (unpaired) electrons. The molecule has 1 aromatic carbocycles. The fraction of sp³-hybridized carbons (Fsp3) is 0.200. The van der Waals surface area contributed by atoms with E-state index in [-0.39, 0.29) is 18.2 Å². The van der Waals surface area contributed by atoms with Crippen LogP contribution in [0.15, 0.2) is 22.7 Å². The summed E-state index contributed by atoms with van der Waals surface area (Å²) in [6.07, 6.45) is 0.319. The van der Waals surface area contributed by atoms with Gasteiger partial charge in [0.2, 0.25) is 0 Å². The Labute approximate surface area is 96.3 Å². The molecule has 84 valence electrons. The van der Waals surface area contributed by atoms with Gasteiger partial charge in [0.15, 0.2) is 5.82 Å². The Morgan fingerprint density at radius 1 is 1.38 bits per heavy atom. The van der Waals surface area contributed by atoms with Crippen molar-refractivity contribution < 1.29 is 14.7 Å². The third-order valence-electron chi connectivity index (χ3n) is 1.98. The first-order valence-corrected chi connectivity index (χ1v) is 5.01. The van der Waals surface area contributed by atoms with Crippen LogP contribution in [0, 0.1) is 0 Å². The topological polar surface area (TPSA) is 79.4 Å². The first kappa shape index (κ1) is 10.9. The number of aromatic nitrogens is 2. The number of aromatic hydroxyl groups is 1. The lowest BCUT2D eigenvalue weighted by atomic mass is 10.2. The van der Waals surface area contributed by atoms with Gasteiger partial charge in [0.25, 0.3) is 5.89 Å². The molecule has 0 bridgehead atoms. The average Bonchev–Trinajstić information content (AvgIpc) is 2.71. The van der Waals surface area contributed by atoms with Crippen LogP contribution in [0.25, 0.3) is 11.5 Å². The van der Waals surface area contributed by atoms with E-state index in [0.717, 1.165) is 0 Å². The zero-order valence-corrected chi connectivity index (χ0v) is 8.98. The minimum absolute atomic E-state index is 0.0489. The van der Waals surface area contributed by atoms with Crippen LogP contribution in [-0.4, -0.2) is 27.0 Å². The molecule has 0 spiro atoms. The van der Waals surface area contributed by atoms with Crippen molar-refractivity contribution in [1.29, 1.82) is 0 Å². The molecule has 0 aliphatic heterocycles. The second-order valence-electron chi connectivity index (χ2n) is 3.15. The Morgan fingerprint density at radius 3 is 2.94 bits per heavy atom. The van der Waals surface area contributed by atoms with Gasteiger partial charge in [-0.25, -0.2) is 0 Å². The number of aliphatic hydroxyl groups is 1. The van der Waals surface area contributed by atoms with Crippen molar-refractivity contribution in [2.45, 2.75) is 6.42 Å². The number of rotatable bonds is 3. The molecule has 2 N–H and O–H groups in total. The molecule has 5 nitrogen and oxygen atoms in total. The van der Waals surface area contributed by atoms with Crippen molar-refractivity contribution in [2.75, 3.05) is 6.61 Å². The molecule has 0 unspecified atom stereocenters. The third kappa shape index (κ3) is 2.15. The molecular weight excluding hydrogens is 232 g/mol. The minimum Gasteiger partial charge on any atom is -0.508 e. The van der Waals surface area contributed by atoms with E-state index in [0.29, 0.717) is 22.8 Å². The number of phenols is 1. The lowest BCUT2D eigenvalue weighted by Crippen LogP contribution is -1.92. The van der Waals surface area contributed by atoms with E-state index in [1.54, 1.807) is 6.07 Å². The molecule has 16 heavy (non-hydrogen) atoms. The molecule has 0 saturated heterocycles. The van der Waals surface area contributed by atoms with Crippen molar-refractivity contribution in [3.8, 4) is 17.2 Å². The Morgan fingerprint density at radius 2 is 2.19 bits per heavy atom. The maximum Gasteiger partial charge on any atom is 0.259 e. The monoisotopic (exact) mass is 240 g/mol. The quantitative estimate of drug-likeness (QED) is 0.853. The van der Waals surface area contributed by atoms with Crippen LogP contribution < -0.4 is 0 Å². The van der Waals surface area contributed by atoms with Crippen molar-refractivity contribution in [3.05, 3.63) is 29.0 Å². The Balaban J connectivity index is 2.38. The summed E-state index contributed by atoms with van der Waals surface area (Å²) in [6.45, 7) is -0.0489. The van der Waals surface area contributed by atoms with E-state index in [1.807, 2.05) is 0 Å². The van der Waals surface area contributed by atoms with Crippen LogP contribution in [0.2, 0.25) is 5.02 Å². The maximum absolute atomic E-state index is 9.32. The highest BCUT2D eigenvalue weighted by molar-refractivity contribution is 6.33. The van der Waals surface area contributed by atoms with Gasteiger partial charge in [-0.15, -0.1) is 0 Å². The predicted molar refractivity (Wildman–Crippen MR) is 57.2 cm³/mol. The summed E-state index contributed by atoms with van der Waals surface area (Å²) in [4.78, 5) is 4.04. The molecule has 6 heteroatoms. The number of halogens is 1. The largest absolute Gasteiger partial charge is 0.508 e. The summed E-state index contributed by atoms with van der Waals surface area (Å²) in [5.41, 5.74) is 0.471. The summed E-state index contributed by atoms with van der Waals surface area (Å²) in [7, 11) is 0. The summed E-state index contributed by atoms with van der Waals surface area (Å²) in [5.74, 6) is 0.697. The van der Waals surface area contributed by atoms with Crippen LogP contribution in [0.1, 0.15) is 5.82 Å². The molecule has 2 aromatic rings. The molecule has 0 atom stereocenters. The van der Waals surface area contributed by atoms with Crippen molar-refractivity contribution in [3.63, 3.8) is 0 Å². The van der Waals surface area contributed by atoms with Crippen LogP contribution >= 0.6 is 11.6 Å². The van der Waals surface area contributed by atoms with Crippen LogP contribution in [-0.2, 0) is 6.42 Å². The van der Waals surface area contributed by atoms with Gasteiger partial charge in [-0.05, 0) is 18.2 Å². The molecule has 0 aliphatic rings. The van der Waals surface area contributed by atoms with E-state index < -0.39 is 0 Å². The molecule has 1 heterocycles. The highest BCUT2D eigenvalue weighted by Crippen LogP contribution is 2.29. The predicted octanol–water partition coefficient (Wildman–Crippen LogP) is 1.63. The summed E-state index contributed by atoms with van der Waals surface area (Å²) in [6, 6.07) is 4.46. The molecule has 0 aliphatic carbocycles. The summed E-state index contributed by atoms with van der Waals surface area (Å²) in [5, 5.41) is 22.1. The first-order chi connectivity index (χ1) is 7.70. The van der Waals surface area contributed by atoms with Crippen molar-refractivity contribution in [2.24, 2.45) is 0 Å². The van der Waals surface area contributed by atoms with Gasteiger partial charge >= 0.3 is 0 Å². The molecule has 1 aromatic heterocycles. The van der Waals surface area contributed by atoms with Crippen molar-refractivity contribution in [1.82, 2.24) is 10.1 Å². The normalized spacial score (nSPS) is 10.6. The number of nitrogens with zero attached hydrogens (tertiary/aromatic N) is 2. The summed E-state index contributed by atoms with van der Waals surface area (Å²) < 4.78 is 4.97. The first-order valence-electron chi connectivity index (χ1n) is 4.63. The second kappa shape index (κ2) is 4.51. The van der Waals surface area contributed by atoms with Crippen LogP contribution in [0.3, 0.4) is 0 Å². The SMILES string of the molecule is OCCc1noc(-c2cc(O)ccc2Cl)n1. The van der Waals surface area contributed by atoms with Gasteiger partial charge in [-0.2, -0.15) is 4.98 Å². The van der Waals surface area contributed by atoms with Crippen molar-refractivity contribution >= 4 is 11.6 Å². The Hall–Kier alpha value is -1.59.